The van der Waals surface area contributed by atoms with E-state index in [1.165, 1.54) is 0 Å². The fourth-order valence-electron chi connectivity index (χ4n) is 1.51. The predicted octanol–water partition coefficient (Wildman–Crippen LogP) is 3.39. The zero-order valence-corrected chi connectivity index (χ0v) is 13.0. The molecule has 2 aromatic heterocycles. The lowest BCUT2D eigenvalue weighted by Gasteiger charge is -2.09. The van der Waals surface area contributed by atoms with Gasteiger partial charge in [-0.05, 0) is 34.9 Å². The molecular formula is C12H12ClIN4. The molecule has 0 atom stereocenters. The third-order valence-corrected chi connectivity index (χ3v) is 4.00. The summed E-state index contributed by atoms with van der Waals surface area (Å²) in [5, 5.41) is 0.474. The smallest absolute Gasteiger partial charge is 0.181 e. The van der Waals surface area contributed by atoms with E-state index < -0.39 is 0 Å². The summed E-state index contributed by atoms with van der Waals surface area (Å²) in [6.45, 7) is 4.29. The van der Waals surface area contributed by atoms with E-state index in [4.69, 9.17) is 11.6 Å². The minimum atomic E-state index is 0.474. The second-order valence-corrected chi connectivity index (χ2v) is 5.72. The summed E-state index contributed by atoms with van der Waals surface area (Å²) in [5.74, 6) is 1.04. The Labute approximate surface area is 124 Å². The molecule has 2 heterocycles. The van der Waals surface area contributed by atoms with Gasteiger partial charge in [0.25, 0.3) is 0 Å². The van der Waals surface area contributed by atoms with Gasteiger partial charge in [-0.15, -0.1) is 0 Å². The first-order valence-corrected chi connectivity index (χ1v) is 7.02. The van der Waals surface area contributed by atoms with Crippen molar-refractivity contribution in [3.63, 3.8) is 0 Å². The molecule has 0 aliphatic rings. The highest BCUT2D eigenvalue weighted by atomic mass is 127. The second-order valence-electron chi connectivity index (χ2n) is 4.29. The van der Waals surface area contributed by atoms with Gasteiger partial charge in [0.2, 0.25) is 0 Å². The molecule has 2 rings (SSSR count). The van der Waals surface area contributed by atoms with Crippen LogP contribution in [0.1, 0.15) is 19.5 Å². The van der Waals surface area contributed by atoms with Gasteiger partial charge in [-0.25, -0.2) is 15.0 Å². The molecule has 0 saturated heterocycles. The molecule has 0 radical (unpaired) electrons. The third kappa shape index (κ3) is 3.14. The van der Waals surface area contributed by atoms with E-state index in [0.29, 0.717) is 22.6 Å². The van der Waals surface area contributed by atoms with Gasteiger partial charge in [-0.1, -0.05) is 25.4 Å². The molecule has 0 unspecified atom stereocenters. The summed E-state index contributed by atoms with van der Waals surface area (Å²) in [5.41, 5.74) is 1.60. The summed E-state index contributed by atoms with van der Waals surface area (Å²) in [7, 11) is 0. The third-order valence-electron chi connectivity index (χ3n) is 2.27. The van der Waals surface area contributed by atoms with Gasteiger partial charge in [0.05, 0.1) is 15.5 Å². The van der Waals surface area contributed by atoms with Gasteiger partial charge in [0, 0.05) is 12.4 Å². The van der Waals surface area contributed by atoms with Gasteiger partial charge in [0.15, 0.2) is 5.82 Å². The molecule has 0 aromatic carbocycles. The normalized spacial score (nSPS) is 10.9. The first kappa shape index (κ1) is 13.6. The summed E-state index contributed by atoms with van der Waals surface area (Å²) in [6.07, 6.45) is 5.74. The summed E-state index contributed by atoms with van der Waals surface area (Å²) >= 11 is 8.33. The number of nitrogens with zero attached hydrogens (tertiary/aromatic N) is 4. The Kier molecular flexibility index (Phi) is 4.45. The second kappa shape index (κ2) is 5.88. The maximum absolute atomic E-state index is 6.15. The minimum Gasteiger partial charge on any atom is -0.261 e. The van der Waals surface area contributed by atoms with Gasteiger partial charge in [0.1, 0.15) is 10.8 Å². The molecule has 0 saturated carbocycles. The van der Waals surface area contributed by atoms with Crippen LogP contribution in [0.25, 0.3) is 11.5 Å². The Morgan fingerprint density at radius 1 is 1.28 bits per heavy atom. The molecular weight excluding hydrogens is 363 g/mol. The number of aromatic nitrogens is 4. The molecule has 94 valence electrons. The van der Waals surface area contributed by atoms with Crippen LogP contribution in [-0.4, -0.2) is 19.9 Å². The maximum Gasteiger partial charge on any atom is 0.181 e. The van der Waals surface area contributed by atoms with Crippen LogP contribution in [0.4, 0.5) is 0 Å². The molecule has 0 amide bonds. The van der Waals surface area contributed by atoms with Crippen molar-refractivity contribution >= 4 is 34.2 Å². The Morgan fingerprint density at radius 3 is 2.67 bits per heavy atom. The summed E-state index contributed by atoms with van der Waals surface area (Å²) in [6, 6.07) is 0. The van der Waals surface area contributed by atoms with Crippen molar-refractivity contribution in [3.05, 3.63) is 33.0 Å². The van der Waals surface area contributed by atoms with E-state index in [1.54, 1.807) is 18.6 Å². The molecule has 0 spiro atoms. The van der Waals surface area contributed by atoms with Crippen LogP contribution in [0.5, 0.6) is 0 Å². The largest absolute Gasteiger partial charge is 0.261 e. The van der Waals surface area contributed by atoms with E-state index in [2.05, 4.69) is 56.4 Å². The van der Waals surface area contributed by atoms with Gasteiger partial charge < -0.3 is 0 Å². The molecule has 18 heavy (non-hydrogen) atoms. The Morgan fingerprint density at radius 2 is 2.06 bits per heavy atom. The monoisotopic (exact) mass is 374 g/mol. The van der Waals surface area contributed by atoms with Crippen molar-refractivity contribution in [1.82, 2.24) is 19.9 Å². The van der Waals surface area contributed by atoms with Crippen LogP contribution in [0.3, 0.4) is 0 Å². The van der Waals surface area contributed by atoms with Gasteiger partial charge >= 0.3 is 0 Å². The zero-order valence-electron chi connectivity index (χ0n) is 10.1. The average Bonchev–Trinajstić information content (AvgIpc) is 2.35. The average molecular weight is 375 g/mol. The highest BCUT2D eigenvalue weighted by Gasteiger charge is 2.13. The molecule has 0 fully saturated rings. The lowest BCUT2D eigenvalue weighted by Crippen LogP contribution is -2.05. The number of hydrogen-bond acceptors (Lipinski definition) is 4. The van der Waals surface area contributed by atoms with Crippen molar-refractivity contribution in [3.8, 4) is 11.5 Å². The van der Waals surface area contributed by atoms with E-state index in [-0.39, 0.29) is 0 Å². The first-order chi connectivity index (χ1) is 8.58. The lowest BCUT2D eigenvalue weighted by molar-refractivity contribution is 0.632. The molecule has 6 heteroatoms. The number of rotatable bonds is 3. The van der Waals surface area contributed by atoms with E-state index in [1.807, 2.05) is 0 Å². The van der Waals surface area contributed by atoms with E-state index in [9.17, 15) is 0 Å². The van der Waals surface area contributed by atoms with Crippen molar-refractivity contribution in [1.29, 1.82) is 0 Å². The molecule has 0 N–H and O–H groups in total. The van der Waals surface area contributed by atoms with Crippen LogP contribution in [0.15, 0.2) is 18.6 Å². The number of halogens is 2. The Bertz CT molecular complexity index is 545. The van der Waals surface area contributed by atoms with Crippen LogP contribution in [0.2, 0.25) is 5.15 Å². The molecule has 4 nitrogen and oxygen atoms in total. The Balaban J connectivity index is 2.47. The van der Waals surface area contributed by atoms with Crippen LogP contribution in [0, 0.1) is 9.49 Å². The van der Waals surface area contributed by atoms with Gasteiger partial charge in [-0.3, -0.25) is 4.98 Å². The van der Waals surface area contributed by atoms with Crippen LogP contribution >= 0.6 is 34.2 Å². The quantitative estimate of drug-likeness (QED) is 0.610. The van der Waals surface area contributed by atoms with Crippen molar-refractivity contribution < 1.29 is 0 Å². The van der Waals surface area contributed by atoms with E-state index >= 15 is 0 Å². The highest BCUT2D eigenvalue weighted by Crippen LogP contribution is 2.24. The molecule has 0 bridgehead atoms. The molecule has 0 aliphatic carbocycles. The summed E-state index contributed by atoms with van der Waals surface area (Å²) < 4.78 is 0.913. The predicted molar refractivity (Wildman–Crippen MR) is 79.3 cm³/mol. The standard InChI is InChI=1S/C12H12ClIN4/c1-7(2)5-8-10(14)11(13)18-12(17-8)9-6-15-3-4-16-9/h3-4,6-7H,5H2,1-2H3. The van der Waals surface area contributed by atoms with Crippen LogP contribution in [-0.2, 0) is 6.42 Å². The van der Waals surface area contributed by atoms with E-state index in [0.717, 1.165) is 15.7 Å². The van der Waals surface area contributed by atoms with Gasteiger partial charge in [-0.2, -0.15) is 0 Å². The summed E-state index contributed by atoms with van der Waals surface area (Å²) in [4.78, 5) is 17.0. The number of hydrogen-bond donors (Lipinski definition) is 0. The first-order valence-electron chi connectivity index (χ1n) is 5.56. The highest BCUT2D eigenvalue weighted by molar-refractivity contribution is 14.1. The molecule has 2 aromatic rings. The topological polar surface area (TPSA) is 51.6 Å². The fourth-order valence-corrected chi connectivity index (χ4v) is 2.16. The fraction of sp³-hybridized carbons (Fsp3) is 0.333. The van der Waals surface area contributed by atoms with Crippen LogP contribution < -0.4 is 0 Å². The van der Waals surface area contributed by atoms with Crippen molar-refractivity contribution in [2.75, 3.05) is 0 Å². The molecule has 0 aliphatic heterocycles. The zero-order chi connectivity index (χ0) is 13.1. The lowest BCUT2D eigenvalue weighted by atomic mass is 10.1. The Hall–Kier alpha value is -0.820. The SMILES string of the molecule is CC(C)Cc1nc(-c2cnccn2)nc(Cl)c1I. The van der Waals surface area contributed by atoms with Crippen molar-refractivity contribution in [2.24, 2.45) is 5.92 Å². The maximum atomic E-state index is 6.15. The minimum absolute atomic E-state index is 0.474. The van der Waals surface area contributed by atoms with Crippen molar-refractivity contribution in [2.45, 2.75) is 20.3 Å².